The highest BCUT2D eigenvalue weighted by molar-refractivity contribution is 6.04. The van der Waals surface area contributed by atoms with Crippen molar-refractivity contribution >= 4 is 29.0 Å². The maximum atomic E-state index is 13.0. The number of nitrogens with one attached hydrogen (secondary N) is 3. The molecule has 2 aromatic carbocycles. The molecule has 1 saturated carbocycles. The van der Waals surface area contributed by atoms with Crippen LogP contribution in [0.4, 0.5) is 16.2 Å². The zero-order valence-electron chi connectivity index (χ0n) is 18.3. The molecule has 0 bridgehead atoms. The number of hydrogen-bond donors (Lipinski definition) is 3. The Morgan fingerprint density at radius 1 is 1.03 bits per heavy atom. The monoisotopic (exact) mass is 439 g/mol. The summed E-state index contributed by atoms with van der Waals surface area (Å²) in [6, 6.07) is 18.9. The summed E-state index contributed by atoms with van der Waals surface area (Å²) in [6.07, 6.45) is 5.98. The number of carbonyl (C=O) groups excluding carboxylic acids is 2. The molecule has 33 heavy (non-hydrogen) atoms. The maximum absolute atomic E-state index is 13.0. The Bertz CT molecular complexity index is 1330. The third-order valence-corrected chi connectivity index (χ3v) is 5.85. The predicted octanol–water partition coefficient (Wildman–Crippen LogP) is 5.09. The highest BCUT2D eigenvalue weighted by atomic mass is 16.2. The summed E-state index contributed by atoms with van der Waals surface area (Å²) in [5, 5.41) is 8.63. The van der Waals surface area contributed by atoms with Gasteiger partial charge in [-0.05, 0) is 72.7 Å². The molecule has 0 saturated heterocycles. The molecule has 3 amide bonds. The van der Waals surface area contributed by atoms with E-state index in [0.29, 0.717) is 23.8 Å². The number of pyridine rings is 1. The number of amides is 3. The van der Waals surface area contributed by atoms with Crippen LogP contribution in [0, 0.1) is 6.92 Å². The Morgan fingerprint density at radius 3 is 2.64 bits per heavy atom. The first kappa shape index (κ1) is 20.8. The number of aromatic nitrogens is 2. The first-order valence-corrected chi connectivity index (χ1v) is 11.0. The van der Waals surface area contributed by atoms with Crippen LogP contribution in [0.15, 0.2) is 73.1 Å². The highest BCUT2D eigenvalue weighted by Crippen LogP contribution is 2.40. The summed E-state index contributed by atoms with van der Waals surface area (Å²) in [4.78, 5) is 29.6. The van der Waals surface area contributed by atoms with Crippen molar-refractivity contribution in [2.45, 2.75) is 32.2 Å². The molecule has 2 heterocycles. The summed E-state index contributed by atoms with van der Waals surface area (Å²) in [5.74, 6) is 0.412. The lowest BCUT2D eigenvalue weighted by Gasteiger charge is -2.12. The molecule has 2 aromatic heterocycles. The largest absolute Gasteiger partial charge is 0.334 e. The Balaban J connectivity index is 1.26. The zero-order chi connectivity index (χ0) is 22.8. The standard InChI is InChI=1S/C26H25N5O2/c1-17-7-8-18(15-28-26(33)29-21-5-3-2-4-6-21)13-22(17)30-25(32)23-16-27-24-14-20(19-9-10-19)11-12-31(23)24/h2-8,11-14,16,19H,9-10,15H2,1H3,(H,30,32)(H2,28,29,33). The van der Waals surface area contributed by atoms with Gasteiger partial charge in [0.25, 0.3) is 5.91 Å². The minimum absolute atomic E-state index is 0.225. The Labute approximate surface area is 191 Å². The summed E-state index contributed by atoms with van der Waals surface area (Å²) in [6.45, 7) is 2.27. The van der Waals surface area contributed by atoms with E-state index in [4.69, 9.17) is 0 Å². The number of para-hydroxylation sites is 1. The van der Waals surface area contributed by atoms with E-state index in [9.17, 15) is 9.59 Å². The average Bonchev–Trinajstić information content (AvgIpc) is 3.59. The molecule has 1 aliphatic carbocycles. The summed E-state index contributed by atoms with van der Waals surface area (Å²) in [7, 11) is 0. The zero-order valence-corrected chi connectivity index (χ0v) is 18.3. The van der Waals surface area contributed by atoms with Crippen molar-refractivity contribution in [2.24, 2.45) is 0 Å². The van der Waals surface area contributed by atoms with Gasteiger partial charge in [0.2, 0.25) is 0 Å². The second-order valence-electron chi connectivity index (χ2n) is 8.38. The van der Waals surface area contributed by atoms with E-state index in [1.54, 1.807) is 6.20 Å². The van der Waals surface area contributed by atoms with Gasteiger partial charge in [0.15, 0.2) is 0 Å². The van der Waals surface area contributed by atoms with Gasteiger partial charge in [-0.3, -0.25) is 9.20 Å². The molecule has 7 heteroatoms. The first-order chi connectivity index (χ1) is 16.1. The number of nitrogens with zero attached hydrogens (tertiary/aromatic N) is 2. The van der Waals surface area contributed by atoms with Crippen molar-refractivity contribution in [3.8, 4) is 0 Å². The van der Waals surface area contributed by atoms with Crippen LogP contribution in [0.2, 0.25) is 0 Å². The van der Waals surface area contributed by atoms with E-state index in [-0.39, 0.29) is 11.9 Å². The number of benzene rings is 2. The van der Waals surface area contributed by atoms with Crippen molar-refractivity contribution in [2.75, 3.05) is 10.6 Å². The minimum Gasteiger partial charge on any atom is -0.334 e. The van der Waals surface area contributed by atoms with Gasteiger partial charge >= 0.3 is 6.03 Å². The van der Waals surface area contributed by atoms with E-state index in [2.05, 4.69) is 33.1 Å². The molecule has 0 spiro atoms. The minimum atomic E-state index is -0.288. The number of fused-ring (bicyclic) bond motifs is 1. The molecular formula is C26H25N5O2. The number of imidazole rings is 1. The summed E-state index contributed by atoms with van der Waals surface area (Å²) in [5.41, 5.74) is 5.79. The van der Waals surface area contributed by atoms with Gasteiger partial charge < -0.3 is 16.0 Å². The normalized spacial score (nSPS) is 13.0. The fraction of sp³-hybridized carbons (Fsp3) is 0.192. The van der Waals surface area contributed by atoms with Crippen LogP contribution in [0.5, 0.6) is 0 Å². The second kappa shape index (κ2) is 8.78. The number of carbonyl (C=O) groups is 2. The van der Waals surface area contributed by atoms with Crippen LogP contribution >= 0.6 is 0 Å². The van der Waals surface area contributed by atoms with Gasteiger partial charge in [0, 0.05) is 24.1 Å². The predicted molar refractivity (Wildman–Crippen MR) is 129 cm³/mol. The van der Waals surface area contributed by atoms with Crippen molar-refractivity contribution in [1.82, 2.24) is 14.7 Å². The molecule has 0 atom stereocenters. The molecule has 1 fully saturated rings. The topological polar surface area (TPSA) is 87.5 Å². The lowest BCUT2D eigenvalue weighted by atomic mass is 10.1. The quantitative estimate of drug-likeness (QED) is 0.391. The van der Waals surface area contributed by atoms with Gasteiger partial charge in [0.05, 0.1) is 6.20 Å². The van der Waals surface area contributed by atoms with Crippen molar-refractivity contribution in [3.63, 3.8) is 0 Å². The average molecular weight is 440 g/mol. The third-order valence-electron chi connectivity index (χ3n) is 5.85. The van der Waals surface area contributed by atoms with Crippen LogP contribution < -0.4 is 16.0 Å². The van der Waals surface area contributed by atoms with E-state index >= 15 is 0 Å². The van der Waals surface area contributed by atoms with Crippen molar-refractivity contribution < 1.29 is 9.59 Å². The molecule has 166 valence electrons. The SMILES string of the molecule is Cc1ccc(CNC(=O)Nc2ccccc2)cc1NC(=O)c1cnc2cc(C3CC3)ccn12. The van der Waals surface area contributed by atoms with Gasteiger partial charge in [-0.15, -0.1) is 0 Å². The third kappa shape index (κ3) is 4.72. The Morgan fingerprint density at radius 2 is 1.85 bits per heavy atom. The highest BCUT2D eigenvalue weighted by Gasteiger charge is 2.24. The van der Waals surface area contributed by atoms with Crippen molar-refractivity contribution in [1.29, 1.82) is 0 Å². The Hall–Kier alpha value is -4.13. The van der Waals surface area contributed by atoms with Gasteiger partial charge in [0.1, 0.15) is 11.3 Å². The van der Waals surface area contributed by atoms with Crippen LogP contribution in [0.1, 0.15) is 45.9 Å². The van der Waals surface area contributed by atoms with E-state index in [1.807, 2.05) is 66.1 Å². The second-order valence-corrected chi connectivity index (χ2v) is 8.38. The molecule has 0 aliphatic heterocycles. The number of urea groups is 1. The molecule has 7 nitrogen and oxygen atoms in total. The first-order valence-electron chi connectivity index (χ1n) is 11.0. The van der Waals surface area contributed by atoms with Crippen LogP contribution in [-0.4, -0.2) is 21.3 Å². The fourth-order valence-corrected chi connectivity index (χ4v) is 3.81. The number of anilines is 2. The summed E-state index contributed by atoms with van der Waals surface area (Å²) < 4.78 is 1.82. The molecule has 0 radical (unpaired) electrons. The number of aryl methyl sites for hydroxylation is 1. The molecule has 0 unspecified atom stereocenters. The van der Waals surface area contributed by atoms with Gasteiger partial charge in [-0.25, -0.2) is 9.78 Å². The number of hydrogen-bond acceptors (Lipinski definition) is 3. The molecule has 3 N–H and O–H groups in total. The van der Waals surface area contributed by atoms with Crippen LogP contribution in [0.3, 0.4) is 0 Å². The van der Waals surface area contributed by atoms with Gasteiger partial charge in [-0.1, -0.05) is 30.3 Å². The molecule has 1 aliphatic rings. The van der Waals surface area contributed by atoms with Crippen LogP contribution in [-0.2, 0) is 6.54 Å². The lowest BCUT2D eigenvalue weighted by Crippen LogP contribution is -2.28. The van der Waals surface area contributed by atoms with Crippen LogP contribution in [0.25, 0.3) is 5.65 Å². The smallest absolute Gasteiger partial charge is 0.319 e. The van der Waals surface area contributed by atoms with E-state index in [1.165, 1.54) is 18.4 Å². The van der Waals surface area contributed by atoms with E-state index < -0.39 is 0 Å². The Kier molecular flexibility index (Phi) is 5.52. The number of rotatable bonds is 6. The molecule has 4 aromatic rings. The molecule has 5 rings (SSSR count). The van der Waals surface area contributed by atoms with Crippen molar-refractivity contribution in [3.05, 3.63) is 95.4 Å². The lowest BCUT2D eigenvalue weighted by molar-refractivity contribution is 0.102. The van der Waals surface area contributed by atoms with Gasteiger partial charge in [-0.2, -0.15) is 0 Å². The maximum Gasteiger partial charge on any atom is 0.319 e. The molecular weight excluding hydrogens is 414 g/mol. The summed E-state index contributed by atoms with van der Waals surface area (Å²) >= 11 is 0. The van der Waals surface area contributed by atoms with E-state index in [0.717, 1.165) is 22.5 Å². The fourth-order valence-electron chi connectivity index (χ4n) is 3.81.